The number of hydrogen-bond donors (Lipinski definition) is 0. The second-order valence-corrected chi connectivity index (χ2v) is 8.41. The van der Waals surface area contributed by atoms with Gasteiger partial charge in [0.15, 0.2) is 0 Å². The number of benzene rings is 1. The molecule has 0 bridgehead atoms. The maximum atomic E-state index is 6.30. The smallest absolute Gasteiger partial charge is 0.225 e. The molecule has 1 aliphatic heterocycles. The van der Waals surface area contributed by atoms with Crippen molar-refractivity contribution in [3.63, 3.8) is 0 Å². The van der Waals surface area contributed by atoms with E-state index in [0.29, 0.717) is 11.3 Å². The highest BCUT2D eigenvalue weighted by molar-refractivity contribution is 7.17. The van der Waals surface area contributed by atoms with Crippen LogP contribution in [0.3, 0.4) is 0 Å². The minimum absolute atomic E-state index is 0.349. The summed E-state index contributed by atoms with van der Waals surface area (Å²) < 4.78 is 0. The summed E-state index contributed by atoms with van der Waals surface area (Å²) in [6.45, 7) is 7.62. The monoisotopic (exact) mass is 385 g/mol. The highest BCUT2D eigenvalue weighted by Gasteiger charge is 2.26. The molecule has 1 saturated heterocycles. The van der Waals surface area contributed by atoms with Gasteiger partial charge in [0.25, 0.3) is 0 Å². The topological polar surface area (TPSA) is 29.0 Å². The van der Waals surface area contributed by atoms with Crippen LogP contribution in [-0.2, 0) is 0 Å². The quantitative estimate of drug-likeness (QED) is 0.488. The number of anilines is 1. The van der Waals surface area contributed by atoms with E-state index >= 15 is 0 Å². The molecule has 136 valence electrons. The molecule has 1 fully saturated rings. The van der Waals surface area contributed by atoms with Crippen LogP contribution in [-0.4, -0.2) is 22.6 Å². The number of fused-ring (bicyclic) bond motifs is 1. The van der Waals surface area contributed by atoms with Gasteiger partial charge in [-0.15, -0.1) is 11.3 Å². The Hall–Kier alpha value is -1.65. The first-order chi connectivity index (χ1) is 12.6. The van der Waals surface area contributed by atoms with Gasteiger partial charge in [0.05, 0.1) is 5.39 Å². The number of rotatable bonds is 3. The molecular formula is C21H24ClN3S. The Morgan fingerprint density at radius 1 is 1.19 bits per heavy atom. The summed E-state index contributed by atoms with van der Waals surface area (Å²) in [5, 5.41) is 3.72. The van der Waals surface area contributed by atoms with Crippen molar-refractivity contribution in [3.05, 3.63) is 40.0 Å². The molecule has 0 aliphatic carbocycles. The Kier molecular flexibility index (Phi) is 4.89. The molecule has 1 atom stereocenters. The maximum Gasteiger partial charge on any atom is 0.225 e. The number of halogens is 1. The van der Waals surface area contributed by atoms with Gasteiger partial charge < -0.3 is 4.90 Å². The molecule has 2 aromatic heterocycles. The predicted molar refractivity (Wildman–Crippen MR) is 113 cm³/mol. The van der Waals surface area contributed by atoms with Crippen LogP contribution in [0.5, 0.6) is 0 Å². The molecule has 0 saturated carbocycles. The Labute approximate surface area is 164 Å². The second kappa shape index (κ2) is 7.16. The van der Waals surface area contributed by atoms with Gasteiger partial charge in [-0.3, -0.25) is 0 Å². The fourth-order valence-electron chi connectivity index (χ4n) is 4.12. The van der Waals surface area contributed by atoms with E-state index in [1.165, 1.54) is 41.5 Å². The normalized spacial score (nSPS) is 17.8. The Bertz CT molecular complexity index is 950. The zero-order chi connectivity index (χ0) is 18.3. The van der Waals surface area contributed by atoms with Crippen molar-refractivity contribution in [2.75, 3.05) is 11.4 Å². The molecule has 3 heterocycles. The van der Waals surface area contributed by atoms with E-state index in [1.807, 2.05) is 0 Å². The van der Waals surface area contributed by atoms with Crippen molar-refractivity contribution in [2.45, 2.75) is 52.5 Å². The van der Waals surface area contributed by atoms with Crippen molar-refractivity contribution in [2.24, 2.45) is 0 Å². The Balaban J connectivity index is 1.94. The van der Waals surface area contributed by atoms with Crippen LogP contribution in [0.2, 0.25) is 5.28 Å². The summed E-state index contributed by atoms with van der Waals surface area (Å²) in [6.07, 6.45) is 4.86. The van der Waals surface area contributed by atoms with E-state index in [-0.39, 0.29) is 0 Å². The molecule has 3 aromatic rings. The van der Waals surface area contributed by atoms with E-state index in [0.717, 1.165) is 29.0 Å². The lowest BCUT2D eigenvalue weighted by Gasteiger charge is -2.36. The first-order valence-electron chi connectivity index (χ1n) is 9.37. The number of thiophene rings is 1. The first kappa shape index (κ1) is 17.7. The number of aryl methyl sites for hydroxylation is 2. The third-order valence-corrected chi connectivity index (χ3v) is 6.47. The third-order valence-electron chi connectivity index (χ3n) is 5.43. The molecule has 5 heteroatoms. The number of aromatic nitrogens is 2. The zero-order valence-corrected chi connectivity index (χ0v) is 17.1. The van der Waals surface area contributed by atoms with Gasteiger partial charge >= 0.3 is 0 Å². The molecule has 3 nitrogen and oxygen atoms in total. The van der Waals surface area contributed by atoms with E-state index in [9.17, 15) is 0 Å². The van der Waals surface area contributed by atoms with Crippen molar-refractivity contribution in [1.29, 1.82) is 0 Å². The fourth-order valence-corrected chi connectivity index (χ4v) is 5.27. The zero-order valence-electron chi connectivity index (χ0n) is 15.6. The van der Waals surface area contributed by atoms with Gasteiger partial charge in [0.1, 0.15) is 10.6 Å². The molecule has 1 aromatic carbocycles. The molecule has 0 spiro atoms. The first-order valence-corrected chi connectivity index (χ1v) is 10.6. The van der Waals surface area contributed by atoms with Crippen molar-refractivity contribution in [1.82, 2.24) is 9.97 Å². The summed E-state index contributed by atoms with van der Waals surface area (Å²) in [5.74, 6) is 1.02. The highest BCUT2D eigenvalue weighted by Crippen LogP contribution is 2.41. The fraction of sp³-hybridized carbons (Fsp3) is 0.429. The van der Waals surface area contributed by atoms with E-state index in [4.69, 9.17) is 16.6 Å². The summed E-state index contributed by atoms with van der Waals surface area (Å²) in [5.41, 5.74) is 5.07. The Morgan fingerprint density at radius 2 is 2.04 bits per heavy atom. The SMILES string of the molecule is CCC1CCCCN1c1nc(Cl)nc2scc(-c3ccc(C)cc3C)c12. The van der Waals surface area contributed by atoms with Crippen LogP contribution in [0.4, 0.5) is 5.82 Å². The van der Waals surface area contributed by atoms with Crippen molar-refractivity contribution in [3.8, 4) is 11.1 Å². The predicted octanol–water partition coefficient (Wildman–Crippen LogP) is 6.40. The average molecular weight is 386 g/mol. The van der Waals surface area contributed by atoms with Crippen molar-refractivity contribution < 1.29 is 0 Å². The summed E-state index contributed by atoms with van der Waals surface area (Å²) >= 11 is 7.96. The molecule has 1 aliphatic rings. The van der Waals surface area contributed by atoms with Crippen LogP contribution in [0.15, 0.2) is 23.6 Å². The molecule has 4 rings (SSSR count). The van der Waals surface area contributed by atoms with Gasteiger partial charge in [-0.1, -0.05) is 30.7 Å². The minimum atomic E-state index is 0.349. The number of hydrogen-bond acceptors (Lipinski definition) is 4. The van der Waals surface area contributed by atoms with Crippen LogP contribution >= 0.6 is 22.9 Å². The lowest BCUT2D eigenvalue weighted by atomic mass is 9.97. The Morgan fingerprint density at radius 3 is 2.81 bits per heavy atom. The maximum absolute atomic E-state index is 6.30. The minimum Gasteiger partial charge on any atom is -0.353 e. The second-order valence-electron chi connectivity index (χ2n) is 7.22. The average Bonchev–Trinajstić information content (AvgIpc) is 3.04. The summed E-state index contributed by atoms with van der Waals surface area (Å²) in [6, 6.07) is 7.17. The van der Waals surface area contributed by atoms with Gasteiger partial charge in [-0.2, -0.15) is 4.98 Å². The largest absolute Gasteiger partial charge is 0.353 e. The number of piperidine rings is 1. The molecule has 0 amide bonds. The van der Waals surface area contributed by atoms with Gasteiger partial charge in [-0.25, -0.2) is 4.98 Å². The van der Waals surface area contributed by atoms with Crippen LogP contribution < -0.4 is 4.90 Å². The molecule has 0 N–H and O–H groups in total. The van der Waals surface area contributed by atoms with Crippen LogP contribution in [0.1, 0.15) is 43.7 Å². The van der Waals surface area contributed by atoms with Crippen LogP contribution in [0.25, 0.3) is 21.3 Å². The van der Waals surface area contributed by atoms with Gasteiger partial charge in [-0.05, 0) is 62.3 Å². The molecular weight excluding hydrogens is 362 g/mol. The van der Waals surface area contributed by atoms with Gasteiger partial charge in [0.2, 0.25) is 5.28 Å². The highest BCUT2D eigenvalue weighted by atomic mass is 35.5. The number of nitrogens with zero attached hydrogens (tertiary/aromatic N) is 3. The standard InChI is InChI=1S/C21H24ClN3S/c1-4-15-7-5-6-10-25(15)19-18-17(12-26-20(18)24-21(22)23-19)16-9-8-13(2)11-14(16)3/h8-9,11-12,15H,4-7,10H2,1-3H3. The lowest BCUT2D eigenvalue weighted by molar-refractivity contribution is 0.448. The summed E-state index contributed by atoms with van der Waals surface area (Å²) in [7, 11) is 0. The lowest BCUT2D eigenvalue weighted by Crippen LogP contribution is -2.39. The molecule has 26 heavy (non-hydrogen) atoms. The molecule has 0 radical (unpaired) electrons. The van der Waals surface area contributed by atoms with Gasteiger partial charge in [0, 0.05) is 23.5 Å². The summed E-state index contributed by atoms with van der Waals surface area (Å²) in [4.78, 5) is 12.7. The van der Waals surface area contributed by atoms with Crippen LogP contribution in [0, 0.1) is 13.8 Å². The van der Waals surface area contributed by atoms with E-state index in [2.05, 4.69) is 54.2 Å². The van der Waals surface area contributed by atoms with E-state index in [1.54, 1.807) is 11.3 Å². The molecule has 1 unspecified atom stereocenters. The van der Waals surface area contributed by atoms with E-state index < -0.39 is 0 Å². The third kappa shape index (κ3) is 3.10. The van der Waals surface area contributed by atoms with Crippen molar-refractivity contribution >= 4 is 39.0 Å².